The zero-order valence-electron chi connectivity index (χ0n) is 13.0. The van der Waals surface area contributed by atoms with Crippen molar-refractivity contribution in [2.24, 2.45) is 0 Å². The number of nitrogens with zero attached hydrogens (tertiary/aromatic N) is 1. The van der Waals surface area contributed by atoms with Crippen molar-refractivity contribution in [3.05, 3.63) is 58.6 Å². The van der Waals surface area contributed by atoms with Crippen LogP contribution in [0.3, 0.4) is 0 Å². The number of hydrogen-bond acceptors (Lipinski definition) is 4. The van der Waals surface area contributed by atoms with Crippen molar-refractivity contribution in [2.75, 3.05) is 13.1 Å². The van der Waals surface area contributed by atoms with Gasteiger partial charge in [0, 0.05) is 23.1 Å². The fourth-order valence-electron chi connectivity index (χ4n) is 2.74. The van der Waals surface area contributed by atoms with Crippen LogP contribution in [0.1, 0.15) is 6.42 Å². The van der Waals surface area contributed by atoms with Crippen LogP contribution >= 0.6 is 23.2 Å². The molecule has 9 heteroatoms. The highest BCUT2D eigenvalue weighted by molar-refractivity contribution is 7.92. The van der Waals surface area contributed by atoms with Crippen LogP contribution in [-0.4, -0.2) is 39.5 Å². The van der Waals surface area contributed by atoms with Gasteiger partial charge >= 0.3 is 0 Å². The monoisotopic (exact) mass is 419 g/mol. The van der Waals surface area contributed by atoms with Crippen molar-refractivity contribution in [2.45, 2.75) is 21.5 Å². The summed E-state index contributed by atoms with van der Waals surface area (Å²) < 4.78 is 52.0. The molecule has 2 aromatic rings. The van der Waals surface area contributed by atoms with Crippen LogP contribution in [0.25, 0.3) is 0 Å². The van der Waals surface area contributed by atoms with Gasteiger partial charge in [0.1, 0.15) is 0 Å². The molecule has 2 aromatic carbocycles. The van der Waals surface area contributed by atoms with E-state index in [1.165, 1.54) is 52.8 Å². The molecule has 0 saturated carbocycles. The summed E-state index contributed by atoms with van der Waals surface area (Å²) in [6.07, 6.45) is 0.248. The van der Waals surface area contributed by atoms with Crippen molar-refractivity contribution in [1.29, 1.82) is 0 Å². The molecule has 5 nitrogen and oxygen atoms in total. The molecule has 3 rings (SSSR count). The topological polar surface area (TPSA) is 71.5 Å². The van der Waals surface area contributed by atoms with Gasteiger partial charge in [0.2, 0.25) is 10.0 Å². The van der Waals surface area contributed by atoms with Gasteiger partial charge in [-0.3, -0.25) is 0 Å². The van der Waals surface area contributed by atoms with E-state index < -0.39 is 25.1 Å². The maximum Gasteiger partial charge on any atom is 0.243 e. The Kier molecular flexibility index (Phi) is 5.14. The molecule has 0 bridgehead atoms. The Morgan fingerprint density at radius 3 is 1.80 bits per heavy atom. The van der Waals surface area contributed by atoms with Crippen molar-refractivity contribution in [3.8, 4) is 0 Å². The fraction of sp³-hybridized carbons (Fsp3) is 0.250. The molecule has 1 aliphatic rings. The van der Waals surface area contributed by atoms with E-state index >= 15 is 0 Å². The fourth-order valence-corrected chi connectivity index (χ4v) is 6.28. The summed E-state index contributed by atoms with van der Waals surface area (Å²) in [7, 11) is -7.37. The Balaban J connectivity index is 1.83. The van der Waals surface area contributed by atoms with E-state index in [9.17, 15) is 16.8 Å². The molecular formula is C16H15Cl2NO4S2. The maximum absolute atomic E-state index is 12.7. The van der Waals surface area contributed by atoms with Crippen LogP contribution in [0.15, 0.2) is 58.3 Å². The first-order valence-corrected chi connectivity index (χ1v) is 11.2. The molecule has 1 aliphatic heterocycles. The second kappa shape index (κ2) is 6.89. The average Bonchev–Trinajstić information content (AvgIpc) is 3.07. The van der Waals surface area contributed by atoms with Gasteiger partial charge in [0.05, 0.1) is 15.0 Å². The van der Waals surface area contributed by atoms with Gasteiger partial charge in [-0.05, 0) is 55.0 Å². The molecule has 1 atom stereocenters. The molecule has 0 aliphatic carbocycles. The molecule has 1 fully saturated rings. The lowest BCUT2D eigenvalue weighted by Crippen LogP contribution is -2.32. The smallest absolute Gasteiger partial charge is 0.223 e. The predicted molar refractivity (Wildman–Crippen MR) is 97.3 cm³/mol. The number of sulfonamides is 1. The van der Waals surface area contributed by atoms with Crippen LogP contribution in [0.5, 0.6) is 0 Å². The Morgan fingerprint density at radius 1 is 0.800 bits per heavy atom. The summed E-state index contributed by atoms with van der Waals surface area (Å²) in [4.78, 5) is 0.245. The van der Waals surface area contributed by atoms with Crippen LogP contribution in [0, 0.1) is 0 Å². The standard InChI is InChI=1S/C16H15Cl2NO4S2/c17-12-1-5-14(6-2-12)24(20,21)16-9-10-19(11-16)25(22,23)15-7-3-13(18)4-8-15/h1-8,16H,9-11H2/t16-/m0/s1. The van der Waals surface area contributed by atoms with Gasteiger partial charge < -0.3 is 0 Å². The molecule has 134 valence electrons. The summed E-state index contributed by atoms with van der Waals surface area (Å²) in [5.74, 6) is 0. The highest BCUT2D eigenvalue weighted by Crippen LogP contribution is 2.29. The second-order valence-electron chi connectivity index (χ2n) is 5.73. The first-order valence-electron chi connectivity index (χ1n) is 7.46. The van der Waals surface area contributed by atoms with Crippen molar-refractivity contribution in [1.82, 2.24) is 4.31 Å². The van der Waals surface area contributed by atoms with Crippen molar-refractivity contribution >= 4 is 43.1 Å². The first kappa shape index (κ1) is 18.7. The van der Waals surface area contributed by atoms with E-state index in [0.29, 0.717) is 10.0 Å². The third-order valence-corrected chi connectivity index (χ3v) is 8.72. The quantitative estimate of drug-likeness (QED) is 0.762. The van der Waals surface area contributed by atoms with E-state index in [2.05, 4.69) is 0 Å². The summed E-state index contributed by atoms with van der Waals surface area (Å²) in [6.45, 7) is 0.0817. The van der Waals surface area contributed by atoms with Gasteiger partial charge in [-0.25, -0.2) is 16.8 Å². The van der Waals surface area contributed by atoms with Gasteiger partial charge in [-0.15, -0.1) is 0 Å². The zero-order chi connectivity index (χ0) is 18.2. The molecule has 0 spiro atoms. The summed E-state index contributed by atoms with van der Waals surface area (Å²) >= 11 is 11.6. The number of benzene rings is 2. The molecule has 0 aromatic heterocycles. The highest BCUT2D eigenvalue weighted by atomic mass is 35.5. The van der Waals surface area contributed by atoms with Crippen LogP contribution in [0.2, 0.25) is 10.0 Å². The minimum absolute atomic E-state index is 0.0735. The van der Waals surface area contributed by atoms with Crippen molar-refractivity contribution < 1.29 is 16.8 Å². The number of rotatable bonds is 4. The largest absolute Gasteiger partial charge is 0.243 e. The van der Waals surface area contributed by atoms with Crippen LogP contribution < -0.4 is 0 Å². The summed E-state index contributed by atoms with van der Waals surface area (Å²) in [5, 5.41) is 0.0941. The van der Waals surface area contributed by atoms with Crippen LogP contribution in [0.4, 0.5) is 0 Å². The molecule has 1 saturated heterocycles. The lowest BCUT2D eigenvalue weighted by atomic mass is 10.4. The SMILES string of the molecule is O=S(=O)(c1ccc(Cl)cc1)[C@H]1CCN(S(=O)(=O)c2ccc(Cl)cc2)C1. The Hall–Kier alpha value is -1.12. The third kappa shape index (κ3) is 3.71. The lowest BCUT2D eigenvalue weighted by Gasteiger charge is -2.17. The van der Waals surface area contributed by atoms with Crippen molar-refractivity contribution in [3.63, 3.8) is 0 Å². The van der Waals surface area contributed by atoms with Gasteiger partial charge in [0.15, 0.2) is 9.84 Å². The molecule has 0 unspecified atom stereocenters. The number of halogens is 2. The Morgan fingerprint density at radius 2 is 1.28 bits per heavy atom. The molecule has 25 heavy (non-hydrogen) atoms. The normalized spacial score (nSPS) is 19.2. The summed E-state index contributed by atoms with van der Waals surface area (Å²) in [5.41, 5.74) is 0. The minimum atomic E-state index is -3.75. The molecule has 0 N–H and O–H groups in total. The van der Waals surface area contributed by atoms with E-state index in [4.69, 9.17) is 23.2 Å². The van der Waals surface area contributed by atoms with E-state index in [-0.39, 0.29) is 29.3 Å². The first-order chi connectivity index (χ1) is 11.7. The van der Waals surface area contributed by atoms with E-state index in [0.717, 1.165) is 0 Å². The predicted octanol–water partition coefficient (Wildman–Crippen LogP) is 3.23. The zero-order valence-corrected chi connectivity index (χ0v) is 16.1. The molecule has 1 heterocycles. The van der Waals surface area contributed by atoms with Gasteiger partial charge in [0.25, 0.3) is 0 Å². The Labute approximate surface area is 157 Å². The van der Waals surface area contributed by atoms with Gasteiger partial charge in [-0.2, -0.15) is 4.31 Å². The second-order valence-corrected chi connectivity index (χ2v) is 10.8. The summed E-state index contributed by atoms with van der Waals surface area (Å²) in [6, 6.07) is 11.7. The van der Waals surface area contributed by atoms with Crippen LogP contribution in [-0.2, 0) is 19.9 Å². The minimum Gasteiger partial charge on any atom is -0.223 e. The van der Waals surface area contributed by atoms with Gasteiger partial charge in [-0.1, -0.05) is 23.2 Å². The number of hydrogen-bond donors (Lipinski definition) is 0. The molecule has 0 amide bonds. The highest BCUT2D eigenvalue weighted by Gasteiger charge is 2.39. The average molecular weight is 420 g/mol. The Bertz CT molecular complexity index is 890. The number of sulfone groups is 1. The lowest BCUT2D eigenvalue weighted by molar-refractivity contribution is 0.476. The molecular weight excluding hydrogens is 405 g/mol. The van der Waals surface area contributed by atoms with E-state index in [1.54, 1.807) is 0 Å². The molecule has 0 radical (unpaired) electrons. The van der Waals surface area contributed by atoms with E-state index in [1.807, 2.05) is 0 Å². The third-order valence-electron chi connectivity index (χ3n) is 4.14. The maximum atomic E-state index is 12.7.